The number of fused-ring (bicyclic) bond motifs is 1. The van der Waals surface area contributed by atoms with E-state index in [1.165, 1.54) is 11.3 Å². The molecular weight excluding hydrogens is 284 g/mol. The summed E-state index contributed by atoms with van der Waals surface area (Å²) < 4.78 is 25.7. The smallest absolute Gasteiger partial charge is 0.232 e. The fourth-order valence-corrected chi connectivity index (χ4v) is 3.21. The van der Waals surface area contributed by atoms with Gasteiger partial charge in [0.1, 0.15) is 0 Å². The Hall–Kier alpha value is -2.01. The maximum absolute atomic E-state index is 11.6. The van der Waals surface area contributed by atoms with Gasteiger partial charge < -0.3 is 4.90 Å². The SMILES string of the molecule is CCS(=O)(=O)Nc1ccc(N2CCc3ccccc32)cc1. The third kappa shape index (κ3) is 2.88. The highest BCUT2D eigenvalue weighted by Crippen LogP contribution is 2.34. The molecule has 0 spiro atoms. The summed E-state index contributed by atoms with van der Waals surface area (Å²) in [6, 6.07) is 15.9. The Bertz CT molecular complexity index is 739. The lowest BCUT2D eigenvalue weighted by atomic mass is 10.2. The topological polar surface area (TPSA) is 49.4 Å². The van der Waals surface area contributed by atoms with E-state index >= 15 is 0 Å². The second-order valence-corrected chi connectivity index (χ2v) is 7.09. The minimum absolute atomic E-state index is 0.0776. The molecule has 3 rings (SSSR count). The summed E-state index contributed by atoms with van der Waals surface area (Å²) in [5, 5.41) is 0. The fourth-order valence-electron chi connectivity index (χ4n) is 2.57. The molecule has 0 amide bonds. The van der Waals surface area contributed by atoms with Gasteiger partial charge in [0.2, 0.25) is 10.0 Å². The van der Waals surface area contributed by atoms with E-state index in [-0.39, 0.29) is 5.75 Å². The summed E-state index contributed by atoms with van der Waals surface area (Å²) in [5.41, 5.74) is 4.28. The molecule has 21 heavy (non-hydrogen) atoms. The van der Waals surface area contributed by atoms with Gasteiger partial charge in [0.25, 0.3) is 0 Å². The van der Waals surface area contributed by atoms with Crippen molar-refractivity contribution in [3.8, 4) is 0 Å². The fraction of sp³-hybridized carbons (Fsp3) is 0.250. The van der Waals surface area contributed by atoms with Crippen LogP contribution in [0.15, 0.2) is 48.5 Å². The van der Waals surface area contributed by atoms with Gasteiger partial charge in [-0.25, -0.2) is 8.42 Å². The highest BCUT2D eigenvalue weighted by Gasteiger charge is 2.19. The molecule has 5 heteroatoms. The average Bonchev–Trinajstić information content (AvgIpc) is 2.92. The number of rotatable bonds is 4. The van der Waals surface area contributed by atoms with Crippen LogP contribution in [0.1, 0.15) is 12.5 Å². The van der Waals surface area contributed by atoms with Gasteiger partial charge >= 0.3 is 0 Å². The van der Waals surface area contributed by atoms with Crippen LogP contribution in [0.3, 0.4) is 0 Å². The molecule has 0 radical (unpaired) electrons. The Morgan fingerprint density at radius 3 is 2.52 bits per heavy atom. The second-order valence-electron chi connectivity index (χ2n) is 5.08. The van der Waals surface area contributed by atoms with Gasteiger partial charge in [-0.2, -0.15) is 0 Å². The molecule has 0 aromatic heterocycles. The Balaban J connectivity index is 1.83. The first-order valence-corrected chi connectivity index (χ1v) is 8.70. The van der Waals surface area contributed by atoms with E-state index < -0.39 is 10.0 Å². The van der Waals surface area contributed by atoms with Crippen molar-refractivity contribution in [1.82, 2.24) is 0 Å². The minimum Gasteiger partial charge on any atom is -0.341 e. The van der Waals surface area contributed by atoms with E-state index in [4.69, 9.17) is 0 Å². The van der Waals surface area contributed by atoms with Gasteiger partial charge in [0.05, 0.1) is 5.75 Å². The van der Waals surface area contributed by atoms with E-state index in [0.717, 1.165) is 18.7 Å². The third-order valence-electron chi connectivity index (χ3n) is 3.72. The normalized spacial score (nSPS) is 14.0. The molecule has 1 N–H and O–H groups in total. The zero-order valence-electron chi connectivity index (χ0n) is 11.9. The summed E-state index contributed by atoms with van der Waals surface area (Å²) in [6.45, 7) is 2.58. The maximum Gasteiger partial charge on any atom is 0.232 e. The molecule has 1 heterocycles. The number of nitrogens with zero attached hydrogens (tertiary/aromatic N) is 1. The highest BCUT2D eigenvalue weighted by atomic mass is 32.2. The zero-order valence-corrected chi connectivity index (χ0v) is 12.7. The van der Waals surface area contributed by atoms with Crippen molar-refractivity contribution in [3.63, 3.8) is 0 Å². The van der Waals surface area contributed by atoms with Crippen molar-refractivity contribution in [1.29, 1.82) is 0 Å². The molecule has 1 aliphatic rings. The van der Waals surface area contributed by atoms with Crippen molar-refractivity contribution < 1.29 is 8.42 Å². The second kappa shape index (κ2) is 5.41. The van der Waals surface area contributed by atoms with Gasteiger partial charge in [0.15, 0.2) is 0 Å². The van der Waals surface area contributed by atoms with E-state index in [1.54, 1.807) is 6.92 Å². The Morgan fingerprint density at radius 2 is 1.81 bits per heavy atom. The summed E-state index contributed by atoms with van der Waals surface area (Å²) in [4.78, 5) is 2.26. The molecule has 2 aromatic rings. The Kier molecular flexibility index (Phi) is 3.59. The quantitative estimate of drug-likeness (QED) is 0.944. The van der Waals surface area contributed by atoms with Crippen molar-refractivity contribution in [3.05, 3.63) is 54.1 Å². The molecular formula is C16H18N2O2S. The number of nitrogens with one attached hydrogen (secondary N) is 1. The van der Waals surface area contributed by atoms with Gasteiger partial charge in [0, 0.05) is 23.6 Å². The van der Waals surface area contributed by atoms with E-state index in [2.05, 4.69) is 27.8 Å². The summed E-state index contributed by atoms with van der Waals surface area (Å²) in [5.74, 6) is 0.0776. The predicted octanol–water partition coefficient (Wildman–Crippen LogP) is 3.14. The maximum atomic E-state index is 11.6. The molecule has 0 saturated carbocycles. The lowest BCUT2D eigenvalue weighted by Gasteiger charge is -2.20. The van der Waals surface area contributed by atoms with Crippen LogP contribution in [-0.4, -0.2) is 20.7 Å². The molecule has 0 unspecified atom stereocenters. The van der Waals surface area contributed by atoms with Crippen LogP contribution in [-0.2, 0) is 16.4 Å². The number of sulfonamides is 1. The van der Waals surface area contributed by atoms with Crippen molar-refractivity contribution in [2.24, 2.45) is 0 Å². The van der Waals surface area contributed by atoms with Crippen LogP contribution in [0.2, 0.25) is 0 Å². The Labute approximate surface area is 125 Å². The first-order valence-electron chi connectivity index (χ1n) is 7.05. The van der Waals surface area contributed by atoms with Crippen LogP contribution in [0, 0.1) is 0 Å². The lowest BCUT2D eigenvalue weighted by Crippen LogP contribution is -2.15. The Morgan fingerprint density at radius 1 is 1.10 bits per heavy atom. The van der Waals surface area contributed by atoms with Crippen LogP contribution in [0.5, 0.6) is 0 Å². The van der Waals surface area contributed by atoms with E-state index in [1.807, 2.05) is 30.3 Å². The van der Waals surface area contributed by atoms with Gasteiger partial charge in [-0.1, -0.05) is 18.2 Å². The van der Waals surface area contributed by atoms with Crippen LogP contribution >= 0.6 is 0 Å². The van der Waals surface area contributed by atoms with Crippen molar-refractivity contribution >= 4 is 27.1 Å². The van der Waals surface area contributed by atoms with E-state index in [9.17, 15) is 8.42 Å². The van der Waals surface area contributed by atoms with Gasteiger partial charge in [-0.15, -0.1) is 0 Å². The number of para-hydroxylation sites is 1. The standard InChI is InChI=1S/C16H18N2O2S/c1-2-21(19,20)17-14-7-9-15(10-8-14)18-12-11-13-5-3-4-6-16(13)18/h3-10,17H,2,11-12H2,1H3. The summed E-state index contributed by atoms with van der Waals surface area (Å²) in [6.07, 6.45) is 1.04. The van der Waals surface area contributed by atoms with Crippen LogP contribution < -0.4 is 9.62 Å². The number of hydrogen-bond donors (Lipinski definition) is 1. The van der Waals surface area contributed by atoms with Crippen molar-refractivity contribution in [2.45, 2.75) is 13.3 Å². The third-order valence-corrected chi connectivity index (χ3v) is 5.03. The van der Waals surface area contributed by atoms with E-state index in [0.29, 0.717) is 5.69 Å². The largest absolute Gasteiger partial charge is 0.341 e. The first-order chi connectivity index (χ1) is 10.1. The number of anilines is 3. The highest BCUT2D eigenvalue weighted by molar-refractivity contribution is 7.92. The first kappa shape index (κ1) is 13.9. The monoisotopic (exact) mass is 302 g/mol. The molecule has 2 aromatic carbocycles. The molecule has 0 aliphatic carbocycles. The molecule has 1 aliphatic heterocycles. The molecule has 110 valence electrons. The van der Waals surface area contributed by atoms with Gasteiger partial charge in [-0.3, -0.25) is 4.72 Å². The predicted molar refractivity (Wildman–Crippen MR) is 86.7 cm³/mol. The number of benzene rings is 2. The molecule has 0 bridgehead atoms. The van der Waals surface area contributed by atoms with Gasteiger partial charge in [-0.05, 0) is 49.2 Å². The van der Waals surface area contributed by atoms with Crippen molar-refractivity contribution in [2.75, 3.05) is 21.9 Å². The van der Waals surface area contributed by atoms with Crippen LogP contribution in [0.4, 0.5) is 17.1 Å². The molecule has 0 saturated heterocycles. The average molecular weight is 302 g/mol. The summed E-state index contributed by atoms with van der Waals surface area (Å²) >= 11 is 0. The molecule has 0 fully saturated rings. The number of hydrogen-bond acceptors (Lipinski definition) is 3. The minimum atomic E-state index is -3.22. The molecule has 4 nitrogen and oxygen atoms in total. The zero-order chi connectivity index (χ0) is 14.9. The summed E-state index contributed by atoms with van der Waals surface area (Å²) in [7, 11) is -3.22. The van der Waals surface area contributed by atoms with Crippen LogP contribution in [0.25, 0.3) is 0 Å². The lowest BCUT2D eigenvalue weighted by molar-refractivity contribution is 0.602. The molecule has 0 atom stereocenters.